The van der Waals surface area contributed by atoms with E-state index in [-0.39, 0.29) is 55.9 Å². The summed E-state index contributed by atoms with van der Waals surface area (Å²) in [5.74, 6) is -8.38. The number of phenols is 1. The fourth-order valence-corrected chi connectivity index (χ4v) is 8.09. The molecule has 0 aliphatic heterocycles. The van der Waals surface area contributed by atoms with Gasteiger partial charge in [0.25, 0.3) is 0 Å². The normalized spacial score (nSPS) is 15.3. The highest BCUT2D eigenvalue weighted by molar-refractivity contribution is 7.80. The predicted octanol–water partition coefficient (Wildman–Crippen LogP) is -1.54. The molecule has 3 aromatic carbocycles. The molecule has 0 aliphatic rings. The van der Waals surface area contributed by atoms with Crippen LogP contribution < -0.4 is 48.7 Å². The van der Waals surface area contributed by atoms with Crippen molar-refractivity contribution >= 4 is 83.5 Å². The first-order valence-electron chi connectivity index (χ1n) is 23.5. The molecule has 4 aromatic rings. The lowest BCUT2D eigenvalue weighted by Crippen LogP contribution is -2.62. The fourth-order valence-electron chi connectivity index (χ4n) is 7.58. The van der Waals surface area contributed by atoms with E-state index in [0.29, 0.717) is 28.5 Å². The zero-order chi connectivity index (χ0) is 53.8. The summed E-state index contributed by atoms with van der Waals surface area (Å²) in [5, 5.41) is 58.2. The molecule has 0 aliphatic carbocycles. The first-order chi connectivity index (χ1) is 34.8. The van der Waals surface area contributed by atoms with Crippen molar-refractivity contribution in [1.82, 2.24) is 42.2 Å². The summed E-state index contributed by atoms with van der Waals surface area (Å²) in [5.41, 5.74) is 14.5. The molecular formula is C49H66N10O12S2. The molecule has 10 atom stereocenters. The number of aromatic amines is 1. The second kappa shape index (κ2) is 29.1. The lowest BCUT2D eigenvalue weighted by Gasteiger charge is -2.28. The van der Waals surface area contributed by atoms with Gasteiger partial charge in [-0.3, -0.25) is 33.6 Å². The molecule has 0 unspecified atom stereocenters. The second-order valence-electron chi connectivity index (χ2n) is 17.5. The number of H-pyrrole nitrogens is 1. The number of carboxylic acid groups (broad SMARTS) is 1. The Hall–Kier alpha value is -6.70. The fraction of sp³-hybridized carbons (Fsp3) is 0.429. The van der Waals surface area contributed by atoms with Crippen LogP contribution in [-0.4, -0.2) is 151 Å². The van der Waals surface area contributed by atoms with Gasteiger partial charge in [0.05, 0.1) is 18.2 Å². The van der Waals surface area contributed by atoms with Crippen molar-refractivity contribution < 1.29 is 58.8 Å². The number of carboxylic acids is 1. The maximum atomic E-state index is 14.6. The minimum atomic E-state index is -1.74. The molecule has 1 heterocycles. The van der Waals surface area contributed by atoms with Gasteiger partial charge in [0.2, 0.25) is 41.4 Å². The number of fused-ring (bicyclic) bond motifs is 1. The third-order valence-electron chi connectivity index (χ3n) is 11.7. The highest BCUT2D eigenvalue weighted by Gasteiger charge is 2.36. The van der Waals surface area contributed by atoms with E-state index in [0.717, 1.165) is 12.5 Å². The number of rotatable bonds is 29. The van der Waals surface area contributed by atoms with E-state index < -0.39 is 108 Å². The third-order valence-corrected chi connectivity index (χ3v) is 12.4. The zero-order valence-electron chi connectivity index (χ0n) is 40.3. The number of nitrogens with two attached hydrogens (primary N) is 2. The van der Waals surface area contributed by atoms with Crippen LogP contribution in [0.5, 0.6) is 5.75 Å². The van der Waals surface area contributed by atoms with E-state index in [1.807, 2.05) is 6.07 Å². The number of unbranched alkanes of at least 4 members (excludes halogenated alkanes) is 1. The van der Waals surface area contributed by atoms with Crippen LogP contribution in [0, 0.1) is 0 Å². The summed E-state index contributed by atoms with van der Waals surface area (Å²) in [7, 11) is 0. The predicted molar refractivity (Wildman–Crippen MR) is 277 cm³/mol. The largest absolute Gasteiger partial charge is 0.508 e. The number of aromatic nitrogens is 1. The number of carbonyl (C=O) groups excluding carboxylic acids is 7. The number of aliphatic carboxylic acids is 1. The zero-order valence-corrected chi connectivity index (χ0v) is 42.1. The highest BCUT2D eigenvalue weighted by Crippen LogP contribution is 2.20. The molecule has 396 valence electrons. The van der Waals surface area contributed by atoms with Crippen molar-refractivity contribution in [3.05, 3.63) is 102 Å². The highest BCUT2D eigenvalue weighted by atomic mass is 32.1. The van der Waals surface area contributed by atoms with Crippen molar-refractivity contribution in [3.63, 3.8) is 0 Å². The van der Waals surface area contributed by atoms with Gasteiger partial charge < -0.3 is 74.1 Å². The summed E-state index contributed by atoms with van der Waals surface area (Å²) in [4.78, 5) is 112. The van der Waals surface area contributed by atoms with E-state index >= 15 is 0 Å². The topological polar surface area (TPSA) is 370 Å². The van der Waals surface area contributed by atoms with Crippen LogP contribution in [0.25, 0.3) is 10.9 Å². The molecule has 73 heavy (non-hydrogen) atoms. The number of amides is 7. The van der Waals surface area contributed by atoms with Gasteiger partial charge in [-0.05, 0) is 81.0 Å². The van der Waals surface area contributed by atoms with E-state index in [2.05, 4.69) is 67.5 Å². The van der Waals surface area contributed by atoms with Crippen molar-refractivity contribution in [2.45, 2.75) is 113 Å². The van der Waals surface area contributed by atoms with Crippen LogP contribution in [0.2, 0.25) is 0 Å². The molecule has 0 fully saturated rings. The first kappa shape index (κ1) is 58.9. The molecule has 0 saturated carbocycles. The van der Waals surface area contributed by atoms with Gasteiger partial charge >= 0.3 is 5.97 Å². The van der Waals surface area contributed by atoms with Crippen LogP contribution in [0.4, 0.5) is 0 Å². The van der Waals surface area contributed by atoms with E-state index in [4.69, 9.17) is 11.5 Å². The summed E-state index contributed by atoms with van der Waals surface area (Å²) in [6.07, 6.45) is -0.943. The van der Waals surface area contributed by atoms with Crippen LogP contribution in [0.15, 0.2) is 85.1 Å². The number of benzene rings is 3. The molecule has 0 saturated heterocycles. The van der Waals surface area contributed by atoms with Gasteiger partial charge in [0.15, 0.2) is 6.04 Å². The number of aliphatic hydroxyl groups excluding tert-OH is 2. The Morgan fingerprint density at radius 3 is 1.62 bits per heavy atom. The van der Waals surface area contributed by atoms with Gasteiger partial charge in [-0.25, -0.2) is 4.79 Å². The monoisotopic (exact) mass is 1050 g/mol. The second-order valence-corrected chi connectivity index (χ2v) is 18.2. The van der Waals surface area contributed by atoms with Crippen molar-refractivity contribution in [2.75, 3.05) is 18.1 Å². The molecule has 4 rings (SSSR count). The minimum absolute atomic E-state index is 0.0420. The van der Waals surface area contributed by atoms with Gasteiger partial charge in [-0.15, -0.1) is 0 Å². The van der Waals surface area contributed by atoms with Crippen molar-refractivity contribution in [3.8, 4) is 5.75 Å². The van der Waals surface area contributed by atoms with E-state index in [1.54, 1.807) is 54.7 Å². The molecular weight excluding hydrogens is 985 g/mol. The number of carbonyl (C=O) groups is 8. The van der Waals surface area contributed by atoms with E-state index in [9.17, 15) is 58.8 Å². The minimum Gasteiger partial charge on any atom is -0.508 e. The number of aliphatic hydroxyl groups is 2. The average molecular weight is 1050 g/mol. The molecule has 24 heteroatoms. The number of nitrogens with one attached hydrogen (secondary N) is 8. The Bertz CT molecular complexity index is 2500. The number of aromatic hydroxyl groups is 1. The van der Waals surface area contributed by atoms with Crippen molar-refractivity contribution in [2.24, 2.45) is 11.5 Å². The Balaban J connectivity index is 1.62. The molecule has 0 bridgehead atoms. The van der Waals surface area contributed by atoms with Crippen molar-refractivity contribution in [1.29, 1.82) is 0 Å². The van der Waals surface area contributed by atoms with Crippen LogP contribution in [0.3, 0.4) is 0 Å². The number of hydrogen-bond donors (Lipinski definition) is 16. The Morgan fingerprint density at radius 1 is 0.562 bits per heavy atom. The van der Waals surface area contributed by atoms with Gasteiger partial charge in [0, 0.05) is 41.4 Å². The molecule has 7 amide bonds. The molecule has 16 N–H and O–H groups in total. The average Bonchev–Trinajstić information content (AvgIpc) is 3.77. The lowest BCUT2D eigenvalue weighted by molar-refractivity contribution is -0.145. The lowest BCUT2D eigenvalue weighted by atomic mass is 10.0. The van der Waals surface area contributed by atoms with Gasteiger partial charge in [0.1, 0.15) is 42.0 Å². The number of phenolic OH excluding ortho intramolecular Hbond substituents is 1. The van der Waals surface area contributed by atoms with Crippen LogP contribution in [0.1, 0.15) is 49.8 Å². The van der Waals surface area contributed by atoms with Crippen LogP contribution >= 0.6 is 25.3 Å². The van der Waals surface area contributed by atoms with Gasteiger partial charge in [-0.2, -0.15) is 25.3 Å². The smallest absolute Gasteiger partial charge is 0.328 e. The SMILES string of the molecule is C[C@@H](O)[C@H](NC(=O)[C@H](CS)NC(=O)[C@@H](NC(=O)[C@H](CCCCN)NC(=O)[C@H](Cc1c[nH]c2ccccc12)NC(=O)[C@H](Cc1ccc(O)cc1)NC(=O)[C@H](CS)NC(=O)[C@@H](N)Cc1ccccc1)[C@@H](C)O)C(=O)O. The first-order valence-corrected chi connectivity index (χ1v) is 24.8. The number of thiol groups is 2. The molecule has 1 aromatic heterocycles. The quantitative estimate of drug-likeness (QED) is 0.0217. The molecule has 0 spiro atoms. The Morgan fingerprint density at radius 2 is 1.04 bits per heavy atom. The molecule has 22 nitrogen and oxygen atoms in total. The maximum absolute atomic E-state index is 14.6. The summed E-state index contributed by atoms with van der Waals surface area (Å²) in [6.45, 7) is 2.54. The standard InChI is InChI=1S/C49H66N10O12S2/c1-26(60)40(48(69)57-39(25-73)47(68)59-41(27(2)61)49(70)71)58-43(64)35(14-8-9-19-50)53-45(66)37(22-30-23-52-34-13-7-6-12-32(30)34)55-44(65)36(21-29-15-17-31(62)18-16-29)54-46(67)38(24-72)56-42(63)33(51)20-28-10-4-3-5-11-28/h3-7,10-13,15-18,23,26-27,33,35-41,52,60-62,72-73H,8-9,14,19-22,24-25,50-51H2,1-2H3,(H,53,66)(H,54,67)(H,55,65)(H,56,63)(H,57,69)(H,58,64)(H,59,68)(H,70,71)/t26-,27-,33+,35+,36+,37+,38+,39+,40+,41+/m1/s1. The Labute approximate surface area is 432 Å². The maximum Gasteiger partial charge on any atom is 0.328 e. The summed E-state index contributed by atoms with van der Waals surface area (Å²) in [6, 6.07) is 10.5. The number of para-hydroxylation sites is 1. The van der Waals surface area contributed by atoms with E-state index in [1.165, 1.54) is 31.2 Å². The summed E-state index contributed by atoms with van der Waals surface area (Å²) < 4.78 is 0. The third kappa shape index (κ3) is 18.1. The Kier molecular flexibility index (Phi) is 23.5. The number of hydrogen-bond acceptors (Lipinski definition) is 15. The molecule has 0 radical (unpaired) electrons. The van der Waals surface area contributed by atoms with Gasteiger partial charge in [-0.1, -0.05) is 60.7 Å². The van der Waals surface area contributed by atoms with Crippen LogP contribution in [-0.2, 0) is 57.6 Å². The summed E-state index contributed by atoms with van der Waals surface area (Å²) >= 11 is 8.38.